The Morgan fingerprint density at radius 2 is 1.69 bits per heavy atom. The molecule has 194 valence electrons. The summed E-state index contributed by atoms with van der Waals surface area (Å²) in [6.07, 6.45) is 4.41. The molecule has 1 aliphatic rings. The summed E-state index contributed by atoms with van der Waals surface area (Å²) in [6.45, 7) is 9.74. The van der Waals surface area contributed by atoms with Crippen molar-refractivity contribution >= 4 is 65.3 Å². The van der Waals surface area contributed by atoms with E-state index in [1.54, 1.807) is 35.2 Å². The normalized spacial score (nSPS) is 12.1. The Morgan fingerprint density at radius 1 is 0.971 bits per heavy atom. The molecule has 1 aliphatic heterocycles. The molecule has 0 atom stereocenters. The van der Waals surface area contributed by atoms with Crippen LogP contribution in [0.1, 0.15) is 56.3 Å². The third-order valence-electron chi connectivity index (χ3n) is 6.05. The molecule has 2 aromatic rings. The van der Waals surface area contributed by atoms with Gasteiger partial charge in [0.05, 0.1) is 22.6 Å². The van der Waals surface area contributed by atoms with E-state index in [1.165, 1.54) is 0 Å². The first-order chi connectivity index (χ1) is 16.0. The Morgan fingerprint density at radius 3 is 2.43 bits per heavy atom. The molecule has 0 saturated heterocycles. The second kappa shape index (κ2) is 16.0. The molecule has 6 nitrogen and oxygen atoms in total. The monoisotopic (exact) mass is 542 g/mol. The van der Waals surface area contributed by atoms with Crippen LogP contribution in [-0.2, 0) is 4.79 Å². The summed E-state index contributed by atoms with van der Waals surface area (Å²) in [5, 5.41) is 6.91. The zero-order valence-corrected chi connectivity index (χ0v) is 22.9. The minimum Gasteiger partial charge on any atom is -0.320 e. The van der Waals surface area contributed by atoms with Gasteiger partial charge in [0.15, 0.2) is 0 Å². The molecule has 2 aromatic carbocycles. The lowest BCUT2D eigenvalue weighted by molar-refractivity contribution is -0.118. The molecular weight excluding hydrogens is 507 g/mol. The van der Waals surface area contributed by atoms with E-state index in [4.69, 9.17) is 11.6 Å². The van der Waals surface area contributed by atoms with E-state index in [2.05, 4.69) is 29.4 Å². The Hall–Kier alpha value is -1.83. The average molecular weight is 544 g/mol. The van der Waals surface area contributed by atoms with Gasteiger partial charge in [0.2, 0.25) is 5.91 Å². The first-order valence-electron chi connectivity index (χ1n) is 12.0. The Balaban J connectivity index is 0.00000306. The van der Waals surface area contributed by atoms with Crippen molar-refractivity contribution in [1.29, 1.82) is 0 Å². The minimum atomic E-state index is -0.239. The summed E-state index contributed by atoms with van der Waals surface area (Å²) in [5.74, 6) is -0.258. The number of benzene rings is 2. The molecule has 0 saturated carbocycles. The Labute approximate surface area is 226 Å². The van der Waals surface area contributed by atoms with E-state index in [-0.39, 0.29) is 36.6 Å². The van der Waals surface area contributed by atoms with Gasteiger partial charge in [-0.25, -0.2) is 0 Å². The highest BCUT2D eigenvalue weighted by Crippen LogP contribution is 2.39. The molecule has 35 heavy (non-hydrogen) atoms. The Kier molecular flexibility index (Phi) is 14.3. The van der Waals surface area contributed by atoms with E-state index in [0.29, 0.717) is 34.1 Å². The van der Waals surface area contributed by atoms with E-state index in [0.717, 1.165) is 58.4 Å². The number of rotatable bonds is 12. The smallest absolute Gasteiger partial charge is 0.257 e. The van der Waals surface area contributed by atoms with Gasteiger partial charge < -0.3 is 15.5 Å². The fourth-order valence-electron chi connectivity index (χ4n) is 4.16. The van der Waals surface area contributed by atoms with E-state index in [9.17, 15) is 9.59 Å². The lowest BCUT2D eigenvalue weighted by Gasteiger charge is -2.24. The van der Waals surface area contributed by atoms with Crippen LogP contribution in [0.4, 0.5) is 17.1 Å². The summed E-state index contributed by atoms with van der Waals surface area (Å²) < 4.78 is 0. The Bertz CT molecular complexity index is 954. The van der Waals surface area contributed by atoms with Gasteiger partial charge in [0.1, 0.15) is 0 Å². The summed E-state index contributed by atoms with van der Waals surface area (Å²) in [5.41, 5.74) is 2.28. The van der Waals surface area contributed by atoms with Crippen LogP contribution in [-0.4, -0.2) is 49.4 Å². The molecule has 3 rings (SSSR count). The highest BCUT2D eigenvalue weighted by atomic mass is 35.5. The first-order valence-corrected chi connectivity index (χ1v) is 12.4. The molecule has 2 amide bonds. The molecule has 2 N–H and O–H groups in total. The van der Waals surface area contributed by atoms with Crippen LogP contribution in [0.3, 0.4) is 0 Å². The van der Waals surface area contributed by atoms with Crippen molar-refractivity contribution in [2.45, 2.75) is 46.0 Å². The minimum absolute atomic E-state index is 0. The fourth-order valence-corrected chi connectivity index (χ4v) is 4.33. The van der Waals surface area contributed by atoms with Crippen LogP contribution in [0.2, 0.25) is 5.02 Å². The predicted octanol–water partition coefficient (Wildman–Crippen LogP) is 6.30. The van der Waals surface area contributed by atoms with Gasteiger partial charge in [-0.05, 0) is 82.3 Å². The van der Waals surface area contributed by atoms with Crippen LogP contribution in [0, 0.1) is 0 Å². The van der Waals surface area contributed by atoms with Crippen LogP contribution in [0.15, 0.2) is 42.5 Å². The second-order valence-electron chi connectivity index (χ2n) is 8.30. The quantitative estimate of drug-likeness (QED) is 0.309. The number of amides is 2. The zero-order chi connectivity index (χ0) is 23.6. The number of unbranched alkanes of at least 4 members (excludes halogenated alkanes) is 2. The molecule has 0 fully saturated rings. The largest absolute Gasteiger partial charge is 0.320 e. The van der Waals surface area contributed by atoms with Crippen molar-refractivity contribution in [3.05, 3.63) is 53.1 Å². The van der Waals surface area contributed by atoms with Crippen molar-refractivity contribution in [2.75, 3.05) is 42.9 Å². The number of nitrogens with zero attached hydrogens (tertiary/aromatic N) is 2. The third kappa shape index (κ3) is 8.65. The van der Waals surface area contributed by atoms with E-state index in [1.807, 2.05) is 12.1 Å². The number of carbonyl (C=O) groups excluding carboxylic acids is 2. The van der Waals surface area contributed by atoms with Gasteiger partial charge in [0.25, 0.3) is 5.91 Å². The highest BCUT2D eigenvalue weighted by molar-refractivity contribution is 6.31. The van der Waals surface area contributed by atoms with Crippen molar-refractivity contribution in [2.24, 2.45) is 0 Å². The molecule has 1 heterocycles. The van der Waals surface area contributed by atoms with Crippen LogP contribution in [0.25, 0.3) is 0 Å². The van der Waals surface area contributed by atoms with Crippen molar-refractivity contribution < 1.29 is 9.59 Å². The maximum absolute atomic E-state index is 13.3. The van der Waals surface area contributed by atoms with E-state index < -0.39 is 0 Å². The summed E-state index contributed by atoms with van der Waals surface area (Å²) >= 11 is 6.15. The number of anilines is 3. The molecule has 0 radical (unpaired) electrons. The molecule has 0 spiro atoms. The molecule has 0 aliphatic carbocycles. The maximum Gasteiger partial charge on any atom is 0.257 e. The number of hydrogen-bond donors (Lipinski definition) is 2. The van der Waals surface area contributed by atoms with Gasteiger partial charge >= 0.3 is 0 Å². The van der Waals surface area contributed by atoms with Crippen molar-refractivity contribution in [3.63, 3.8) is 0 Å². The van der Waals surface area contributed by atoms with Crippen LogP contribution < -0.4 is 15.5 Å². The molecular formula is C26H37Cl3N4O2. The van der Waals surface area contributed by atoms with Gasteiger partial charge in [-0.2, -0.15) is 0 Å². The third-order valence-corrected chi connectivity index (χ3v) is 6.29. The number of fused-ring (bicyclic) bond motifs is 2. The number of carbonyl (C=O) groups is 2. The van der Waals surface area contributed by atoms with Gasteiger partial charge in [-0.15, -0.1) is 24.8 Å². The topological polar surface area (TPSA) is 64.7 Å². The van der Waals surface area contributed by atoms with Crippen molar-refractivity contribution in [1.82, 2.24) is 10.2 Å². The molecule has 0 bridgehead atoms. The van der Waals surface area contributed by atoms with Crippen LogP contribution in [0.5, 0.6) is 0 Å². The number of nitrogens with one attached hydrogen (secondary N) is 2. The zero-order valence-electron chi connectivity index (χ0n) is 20.5. The fraction of sp³-hybridized carbons (Fsp3) is 0.462. The molecule has 0 aromatic heterocycles. The number of hydrogen-bond acceptors (Lipinski definition) is 4. The lowest BCUT2D eigenvalue weighted by atomic mass is 10.1. The standard InChI is InChI=1S/C26H35ClN4O2.2ClH/c1-3-30(4-2)18-10-17-28-16-9-5-6-13-25(32)31-23-12-8-7-11-21(23)26(33)29-22-19-20(27)14-15-24(22)31;;/h7-8,11-12,14-15,19,28H,3-6,9-10,13,16-18H2,1-2H3,(H,29,33);2*1H. The lowest BCUT2D eigenvalue weighted by Crippen LogP contribution is -2.27. The van der Waals surface area contributed by atoms with Gasteiger partial charge in [-0.1, -0.05) is 44.0 Å². The summed E-state index contributed by atoms with van der Waals surface area (Å²) in [4.78, 5) is 30.1. The predicted molar refractivity (Wildman–Crippen MR) is 151 cm³/mol. The molecule has 9 heteroatoms. The highest BCUT2D eigenvalue weighted by Gasteiger charge is 2.28. The average Bonchev–Trinajstić information content (AvgIpc) is 2.94. The summed E-state index contributed by atoms with van der Waals surface area (Å²) in [7, 11) is 0. The first kappa shape index (κ1) is 31.2. The van der Waals surface area contributed by atoms with Crippen molar-refractivity contribution in [3.8, 4) is 0 Å². The number of halogens is 3. The molecule has 0 unspecified atom stereocenters. The number of para-hydroxylation sites is 1. The van der Waals surface area contributed by atoms with Crippen LogP contribution >= 0.6 is 36.4 Å². The van der Waals surface area contributed by atoms with Gasteiger partial charge in [-0.3, -0.25) is 14.5 Å². The van der Waals surface area contributed by atoms with E-state index >= 15 is 0 Å². The second-order valence-corrected chi connectivity index (χ2v) is 8.74. The maximum atomic E-state index is 13.3. The van der Waals surface area contributed by atoms with Gasteiger partial charge in [0, 0.05) is 11.4 Å². The SMILES string of the molecule is CCN(CC)CCCNCCCCCC(=O)N1c2ccc(Cl)cc2NC(=O)c2ccccc21.Cl.Cl. The summed E-state index contributed by atoms with van der Waals surface area (Å²) in [6, 6.07) is 12.4.